The highest BCUT2D eigenvalue weighted by atomic mass is 16.1. The van der Waals surface area contributed by atoms with E-state index >= 15 is 0 Å². The number of Topliss-reactive ketones (excluding diaryl/α,β-unsaturated/α-hetero) is 1. The molecule has 3 aromatic rings. The zero-order valence-electron chi connectivity index (χ0n) is 11.4. The van der Waals surface area contributed by atoms with Gasteiger partial charge in [0, 0.05) is 18.3 Å². The summed E-state index contributed by atoms with van der Waals surface area (Å²) in [5, 5.41) is 0. The largest absolute Gasteiger partial charge is 0.306 e. The average Bonchev–Trinajstić information content (AvgIpc) is 2.90. The van der Waals surface area contributed by atoms with Gasteiger partial charge in [0.1, 0.15) is 17.0 Å². The van der Waals surface area contributed by atoms with Crippen molar-refractivity contribution in [3.05, 3.63) is 54.5 Å². The second kappa shape index (κ2) is 4.89. The standard InChI is InChI=1S/C16H15N3O/c1-11(2)16(20)13-7-5-6-12(17-13)14-10-19-9-4-3-8-15(19)18-14/h3-11H,1-2H3. The normalized spacial score (nSPS) is 11.2. The van der Waals surface area contributed by atoms with Crippen LogP contribution in [0.2, 0.25) is 0 Å². The highest BCUT2D eigenvalue weighted by Gasteiger charge is 2.13. The molecule has 0 spiro atoms. The summed E-state index contributed by atoms with van der Waals surface area (Å²) in [5.41, 5.74) is 2.86. The van der Waals surface area contributed by atoms with E-state index in [1.807, 2.05) is 61.0 Å². The monoisotopic (exact) mass is 265 g/mol. The fourth-order valence-electron chi connectivity index (χ4n) is 2.07. The molecule has 20 heavy (non-hydrogen) atoms. The quantitative estimate of drug-likeness (QED) is 0.683. The van der Waals surface area contributed by atoms with Crippen molar-refractivity contribution in [2.75, 3.05) is 0 Å². The number of fused-ring (bicyclic) bond motifs is 1. The Morgan fingerprint density at radius 3 is 2.65 bits per heavy atom. The van der Waals surface area contributed by atoms with Gasteiger partial charge in [-0.15, -0.1) is 0 Å². The van der Waals surface area contributed by atoms with Gasteiger partial charge in [-0.3, -0.25) is 4.79 Å². The minimum atomic E-state index is -0.0566. The molecular weight excluding hydrogens is 250 g/mol. The van der Waals surface area contributed by atoms with Crippen LogP contribution < -0.4 is 0 Å². The first-order chi connectivity index (χ1) is 9.65. The van der Waals surface area contributed by atoms with Crippen LogP contribution in [0.1, 0.15) is 24.3 Å². The molecule has 4 nitrogen and oxygen atoms in total. The van der Waals surface area contributed by atoms with E-state index in [4.69, 9.17) is 0 Å². The molecule has 0 aliphatic rings. The van der Waals surface area contributed by atoms with Crippen molar-refractivity contribution < 1.29 is 4.79 Å². The molecule has 0 unspecified atom stereocenters. The van der Waals surface area contributed by atoms with Crippen molar-refractivity contribution in [3.63, 3.8) is 0 Å². The molecule has 0 bridgehead atoms. The van der Waals surface area contributed by atoms with E-state index in [9.17, 15) is 4.79 Å². The van der Waals surface area contributed by atoms with Crippen LogP contribution in [-0.2, 0) is 0 Å². The molecular formula is C16H15N3O. The molecule has 3 rings (SSSR count). The van der Waals surface area contributed by atoms with E-state index in [0.717, 1.165) is 17.0 Å². The van der Waals surface area contributed by atoms with Gasteiger partial charge in [0.25, 0.3) is 0 Å². The van der Waals surface area contributed by atoms with Gasteiger partial charge >= 0.3 is 0 Å². The first-order valence-corrected chi connectivity index (χ1v) is 6.60. The Hall–Kier alpha value is -2.49. The van der Waals surface area contributed by atoms with Gasteiger partial charge in [0.2, 0.25) is 0 Å². The fraction of sp³-hybridized carbons (Fsp3) is 0.188. The van der Waals surface area contributed by atoms with Gasteiger partial charge in [0.15, 0.2) is 5.78 Å². The lowest BCUT2D eigenvalue weighted by molar-refractivity contribution is 0.0934. The maximum absolute atomic E-state index is 12.0. The van der Waals surface area contributed by atoms with Gasteiger partial charge in [0.05, 0.1) is 5.69 Å². The number of hydrogen-bond donors (Lipinski definition) is 0. The molecule has 0 saturated carbocycles. The van der Waals surface area contributed by atoms with Crippen molar-refractivity contribution in [2.24, 2.45) is 5.92 Å². The van der Waals surface area contributed by atoms with E-state index in [1.54, 1.807) is 6.07 Å². The second-order valence-electron chi connectivity index (χ2n) is 5.02. The number of imidazole rings is 1. The predicted molar refractivity (Wildman–Crippen MR) is 77.6 cm³/mol. The van der Waals surface area contributed by atoms with Crippen LogP contribution >= 0.6 is 0 Å². The third-order valence-corrected chi connectivity index (χ3v) is 3.15. The molecule has 0 amide bonds. The Balaban J connectivity index is 2.05. The zero-order valence-corrected chi connectivity index (χ0v) is 11.4. The molecule has 0 saturated heterocycles. The lowest BCUT2D eigenvalue weighted by Crippen LogP contribution is -2.09. The van der Waals surface area contributed by atoms with Crippen LogP contribution in [0.5, 0.6) is 0 Å². The minimum Gasteiger partial charge on any atom is -0.306 e. The summed E-state index contributed by atoms with van der Waals surface area (Å²) < 4.78 is 1.94. The van der Waals surface area contributed by atoms with Gasteiger partial charge in [-0.1, -0.05) is 26.0 Å². The van der Waals surface area contributed by atoms with Crippen molar-refractivity contribution in [2.45, 2.75) is 13.8 Å². The average molecular weight is 265 g/mol. The third-order valence-electron chi connectivity index (χ3n) is 3.15. The first kappa shape index (κ1) is 12.5. The van der Waals surface area contributed by atoms with E-state index in [1.165, 1.54) is 0 Å². The minimum absolute atomic E-state index is 0.0515. The van der Waals surface area contributed by atoms with Crippen molar-refractivity contribution in [1.29, 1.82) is 0 Å². The van der Waals surface area contributed by atoms with Gasteiger partial charge in [-0.25, -0.2) is 9.97 Å². The highest BCUT2D eigenvalue weighted by Crippen LogP contribution is 2.18. The lowest BCUT2D eigenvalue weighted by Gasteiger charge is -2.04. The SMILES string of the molecule is CC(C)C(=O)c1cccc(-c2cn3ccccc3n2)n1. The Kier molecular flexibility index (Phi) is 3.06. The van der Waals surface area contributed by atoms with Crippen LogP contribution in [-0.4, -0.2) is 20.2 Å². The molecule has 0 aromatic carbocycles. The summed E-state index contributed by atoms with van der Waals surface area (Å²) in [6.45, 7) is 3.75. The van der Waals surface area contributed by atoms with Crippen LogP contribution in [0.4, 0.5) is 0 Å². The third kappa shape index (κ3) is 2.20. The highest BCUT2D eigenvalue weighted by molar-refractivity contribution is 5.96. The maximum atomic E-state index is 12.0. The smallest absolute Gasteiger partial charge is 0.183 e. The number of carbonyl (C=O) groups excluding carboxylic acids is 1. The molecule has 0 radical (unpaired) electrons. The van der Waals surface area contributed by atoms with Crippen molar-refractivity contribution in [3.8, 4) is 11.4 Å². The Labute approximate surface area is 117 Å². The Bertz CT molecular complexity index is 741. The lowest BCUT2D eigenvalue weighted by atomic mass is 10.1. The van der Waals surface area contributed by atoms with Crippen molar-refractivity contribution in [1.82, 2.24) is 14.4 Å². The number of hydrogen-bond acceptors (Lipinski definition) is 3. The number of carbonyl (C=O) groups is 1. The molecule has 100 valence electrons. The maximum Gasteiger partial charge on any atom is 0.183 e. The van der Waals surface area contributed by atoms with E-state index in [0.29, 0.717) is 5.69 Å². The summed E-state index contributed by atoms with van der Waals surface area (Å²) in [6.07, 6.45) is 3.86. The molecule has 0 N–H and O–H groups in total. The Morgan fingerprint density at radius 2 is 1.90 bits per heavy atom. The molecule has 3 heterocycles. The number of rotatable bonds is 3. The molecule has 0 aliphatic heterocycles. The molecule has 3 aromatic heterocycles. The van der Waals surface area contributed by atoms with Crippen LogP contribution in [0, 0.1) is 5.92 Å². The van der Waals surface area contributed by atoms with Crippen LogP contribution in [0.25, 0.3) is 17.0 Å². The topological polar surface area (TPSA) is 47.3 Å². The molecule has 0 fully saturated rings. The van der Waals surface area contributed by atoms with E-state index in [2.05, 4.69) is 9.97 Å². The van der Waals surface area contributed by atoms with Crippen LogP contribution in [0.3, 0.4) is 0 Å². The Morgan fingerprint density at radius 1 is 1.05 bits per heavy atom. The first-order valence-electron chi connectivity index (χ1n) is 6.60. The molecule has 4 heteroatoms. The number of nitrogens with zero attached hydrogens (tertiary/aromatic N) is 3. The summed E-state index contributed by atoms with van der Waals surface area (Å²) in [5.74, 6) is -0.00515. The van der Waals surface area contributed by atoms with Crippen LogP contribution in [0.15, 0.2) is 48.8 Å². The molecule has 0 aliphatic carbocycles. The van der Waals surface area contributed by atoms with Gasteiger partial charge in [-0.05, 0) is 24.3 Å². The van der Waals surface area contributed by atoms with E-state index < -0.39 is 0 Å². The number of aromatic nitrogens is 3. The van der Waals surface area contributed by atoms with Crippen molar-refractivity contribution >= 4 is 11.4 Å². The van der Waals surface area contributed by atoms with Gasteiger partial charge < -0.3 is 4.40 Å². The second-order valence-corrected chi connectivity index (χ2v) is 5.02. The summed E-state index contributed by atoms with van der Waals surface area (Å²) in [7, 11) is 0. The summed E-state index contributed by atoms with van der Waals surface area (Å²) in [6, 6.07) is 11.3. The molecule has 0 atom stereocenters. The summed E-state index contributed by atoms with van der Waals surface area (Å²) in [4.78, 5) is 21.0. The summed E-state index contributed by atoms with van der Waals surface area (Å²) >= 11 is 0. The fourth-order valence-corrected chi connectivity index (χ4v) is 2.07. The predicted octanol–water partition coefficient (Wildman–Crippen LogP) is 3.24. The number of ketones is 1. The zero-order chi connectivity index (χ0) is 14.1. The van der Waals surface area contributed by atoms with Gasteiger partial charge in [-0.2, -0.15) is 0 Å². The van der Waals surface area contributed by atoms with E-state index in [-0.39, 0.29) is 11.7 Å². The number of pyridine rings is 2.